The van der Waals surface area contributed by atoms with Crippen molar-refractivity contribution >= 4 is 28.6 Å². The normalized spacial score (nSPS) is 11.0. The third kappa shape index (κ3) is 3.93. The highest BCUT2D eigenvalue weighted by molar-refractivity contribution is 6.17. The molecule has 2 heterocycles. The fourth-order valence-corrected chi connectivity index (χ4v) is 2.76. The zero-order valence-corrected chi connectivity index (χ0v) is 14.7. The zero-order chi connectivity index (χ0) is 17.6. The lowest BCUT2D eigenvalue weighted by atomic mass is 10.2. The van der Waals surface area contributed by atoms with Gasteiger partial charge in [0.05, 0.1) is 13.4 Å². The maximum atomic E-state index is 9.67. The highest BCUT2D eigenvalue weighted by Crippen LogP contribution is 2.27. The first kappa shape index (κ1) is 17.3. The number of nitrogens with one attached hydrogen (secondary N) is 1. The van der Waals surface area contributed by atoms with Crippen LogP contribution in [0, 0.1) is 0 Å². The fourth-order valence-electron chi connectivity index (χ4n) is 2.57. The van der Waals surface area contributed by atoms with Crippen molar-refractivity contribution in [1.29, 1.82) is 0 Å². The number of fused-ring (bicyclic) bond motifs is 1. The van der Waals surface area contributed by atoms with Gasteiger partial charge in [0.1, 0.15) is 11.8 Å². The molecule has 0 fully saturated rings. The van der Waals surface area contributed by atoms with E-state index in [1.807, 2.05) is 10.6 Å². The Hall–Kier alpha value is -2.54. The van der Waals surface area contributed by atoms with Crippen LogP contribution < -0.4 is 10.1 Å². The van der Waals surface area contributed by atoms with Crippen molar-refractivity contribution in [3.8, 4) is 11.5 Å². The van der Waals surface area contributed by atoms with Crippen LogP contribution in [0.2, 0.25) is 0 Å². The molecule has 8 heteroatoms. The number of halogens is 1. The number of hydrogen-bond acceptors (Lipinski definition) is 6. The summed E-state index contributed by atoms with van der Waals surface area (Å²) in [6, 6.07) is 5.22. The maximum Gasteiger partial charge on any atom is 0.165 e. The minimum absolute atomic E-state index is 0.117. The Morgan fingerprint density at radius 1 is 1.24 bits per heavy atom. The Balaban J connectivity index is 1.75. The van der Waals surface area contributed by atoms with Gasteiger partial charge >= 0.3 is 0 Å². The van der Waals surface area contributed by atoms with Crippen molar-refractivity contribution in [3.05, 3.63) is 36.4 Å². The van der Waals surface area contributed by atoms with Crippen molar-refractivity contribution in [2.45, 2.75) is 25.9 Å². The van der Waals surface area contributed by atoms with Crippen molar-refractivity contribution in [2.75, 3.05) is 18.3 Å². The Bertz CT molecular complexity index is 852. The average Bonchev–Trinajstić information content (AvgIpc) is 3.05. The number of nitrogens with zero attached hydrogens (tertiary/aromatic N) is 4. The van der Waals surface area contributed by atoms with Gasteiger partial charge in [0, 0.05) is 19.0 Å². The number of hydrogen-bond donors (Lipinski definition) is 2. The standard InChI is InChI=1S/C17H20ClN5O2/c1-25-14-8-12(4-5-13(14)24)9-19-16-15-17(21-10-20-16)23(11-22-15)7-3-2-6-18/h4-5,8,10-11,24H,2-3,6-7,9H2,1H3,(H,19,20,21). The van der Waals surface area contributed by atoms with Crippen molar-refractivity contribution in [3.63, 3.8) is 0 Å². The van der Waals surface area contributed by atoms with Crippen LogP contribution in [0.5, 0.6) is 11.5 Å². The number of methoxy groups -OCH3 is 1. The number of alkyl halides is 1. The van der Waals surface area contributed by atoms with Crippen LogP contribution in [0.25, 0.3) is 11.2 Å². The molecule has 0 aliphatic heterocycles. The second-order valence-corrected chi connectivity index (χ2v) is 5.97. The first-order chi connectivity index (χ1) is 12.2. The van der Waals surface area contributed by atoms with E-state index in [-0.39, 0.29) is 5.75 Å². The molecule has 0 saturated heterocycles. The monoisotopic (exact) mass is 361 g/mol. The van der Waals surface area contributed by atoms with Gasteiger partial charge in [0.2, 0.25) is 0 Å². The Labute approximate surface area is 150 Å². The van der Waals surface area contributed by atoms with Gasteiger partial charge in [-0.05, 0) is 30.5 Å². The predicted octanol–water partition coefficient (Wildman–Crippen LogP) is 3.17. The molecule has 3 rings (SSSR count). The molecular weight excluding hydrogens is 342 g/mol. The topological polar surface area (TPSA) is 85.1 Å². The molecule has 0 bridgehead atoms. The van der Waals surface area contributed by atoms with Crippen LogP contribution >= 0.6 is 11.6 Å². The molecule has 2 N–H and O–H groups in total. The van der Waals surface area contributed by atoms with Crippen LogP contribution in [-0.2, 0) is 13.1 Å². The SMILES string of the molecule is COc1cc(CNc2ncnc3c2ncn3CCCCCl)ccc1O. The molecule has 0 unspecified atom stereocenters. The van der Waals surface area contributed by atoms with Gasteiger partial charge in [-0.15, -0.1) is 11.6 Å². The summed E-state index contributed by atoms with van der Waals surface area (Å²) < 4.78 is 7.14. The minimum atomic E-state index is 0.117. The van der Waals surface area contributed by atoms with Crippen LogP contribution in [0.1, 0.15) is 18.4 Å². The molecular formula is C17H20ClN5O2. The van der Waals surface area contributed by atoms with Crippen molar-refractivity contribution in [1.82, 2.24) is 19.5 Å². The summed E-state index contributed by atoms with van der Waals surface area (Å²) >= 11 is 5.73. The molecule has 0 spiro atoms. The van der Waals surface area contributed by atoms with Crippen LogP contribution in [0.4, 0.5) is 5.82 Å². The highest BCUT2D eigenvalue weighted by Gasteiger charge is 2.10. The number of unbranched alkanes of at least 4 members (excludes halogenated alkanes) is 1. The van der Waals surface area contributed by atoms with Gasteiger partial charge in [-0.1, -0.05) is 6.07 Å². The Morgan fingerprint density at radius 3 is 2.92 bits per heavy atom. The summed E-state index contributed by atoms with van der Waals surface area (Å²) in [5.74, 6) is 1.89. The number of ether oxygens (including phenoxy) is 1. The molecule has 3 aromatic rings. The van der Waals surface area contributed by atoms with E-state index in [9.17, 15) is 5.11 Å². The zero-order valence-electron chi connectivity index (χ0n) is 13.9. The molecule has 0 aliphatic carbocycles. The minimum Gasteiger partial charge on any atom is -0.504 e. The number of anilines is 1. The van der Waals surface area contributed by atoms with E-state index < -0.39 is 0 Å². The van der Waals surface area contributed by atoms with Gasteiger partial charge in [0.25, 0.3) is 0 Å². The molecule has 1 aromatic carbocycles. The van der Waals surface area contributed by atoms with Gasteiger partial charge < -0.3 is 19.7 Å². The summed E-state index contributed by atoms with van der Waals surface area (Å²) in [4.78, 5) is 13.1. The molecule has 0 atom stereocenters. The highest BCUT2D eigenvalue weighted by atomic mass is 35.5. The number of imidazole rings is 1. The van der Waals surface area contributed by atoms with Gasteiger partial charge in [-0.2, -0.15) is 0 Å². The van der Waals surface area contributed by atoms with E-state index in [2.05, 4.69) is 20.3 Å². The van der Waals surface area contributed by atoms with E-state index in [1.54, 1.807) is 18.5 Å². The number of aromatic hydroxyl groups is 1. The molecule has 132 valence electrons. The van der Waals surface area contributed by atoms with Crippen molar-refractivity contribution < 1.29 is 9.84 Å². The van der Waals surface area contributed by atoms with Crippen LogP contribution in [0.3, 0.4) is 0 Å². The summed E-state index contributed by atoms with van der Waals surface area (Å²) in [7, 11) is 1.52. The summed E-state index contributed by atoms with van der Waals surface area (Å²) in [5, 5.41) is 12.9. The van der Waals surface area contributed by atoms with E-state index in [0.717, 1.165) is 36.1 Å². The lowest BCUT2D eigenvalue weighted by molar-refractivity contribution is 0.373. The van der Waals surface area contributed by atoms with Crippen molar-refractivity contribution in [2.24, 2.45) is 0 Å². The summed E-state index contributed by atoms with van der Waals surface area (Å²) in [6.07, 6.45) is 5.25. The third-order valence-corrected chi connectivity index (χ3v) is 4.16. The lowest BCUT2D eigenvalue weighted by Gasteiger charge is -2.09. The van der Waals surface area contributed by atoms with E-state index >= 15 is 0 Å². The lowest BCUT2D eigenvalue weighted by Crippen LogP contribution is -2.04. The van der Waals surface area contributed by atoms with Gasteiger partial charge in [-0.3, -0.25) is 0 Å². The Kier molecular flexibility index (Phi) is 5.55. The Morgan fingerprint density at radius 2 is 2.12 bits per heavy atom. The fraction of sp³-hybridized carbons (Fsp3) is 0.353. The molecule has 0 saturated carbocycles. The van der Waals surface area contributed by atoms with Crippen LogP contribution in [-0.4, -0.2) is 37.6 Å². The molecule has 25 heavy (non-hydrogen) atoms. The molecule has 7 nitrogen and oxygen atoms in total. The second-order valence-electron chi connectivity index (χ2n) is 5.59. The third-order valence-electron chi connectivity index (χ3n) is 3.89. The number of aryl methyl sites for hydroxylation is 1. The number of benzene rings is 1. The summed E-state index contributed by atoms with van der Waals surface area (Å²) in [6.45, 7) is 1.36. The predicted molar refractivity (Wildman–Crippen MR) is 97.3 cm³/mol. The quantitative estimate of drug-likeness (QED) is 0.473. The average molecular weight is 362 g/mol. The van der Waals surface area contributed by atoms with E-state index in [4.69, 9.17) is 16.3 Å². The molecule has 2 aromatic heterocycles. The number of aromatic nitrogens is 4. The van der Waals surface area contributed by atoms with E-state index in [1.165, 1.54) is 13.4 Å². The van der Waals surface area contributed by atoms with E-state index in [0.29, 0.717) is 24.0 Å². The smallest absolute Gasteiger partial charge is 0.165 e. The number of phenols is 1. The molecule has 0 amide bonds. The summed E-state index contributed by atoms with van der Waals surface area (Å²) in [5.41, 5.74) is 2.50. The first-order valence-electron chi connectivity index (χ1n) is 8.04. The second kappa shape index (κ2) is 8.02. The maximum absolute atomic E-state index is 9.67. The number of phenolic OH excluding ortho intramolecular Hbond substituents is 1. The van der Waals surface area contributed by atoms with Crippen LogP contribution in [0.15, 0.2) is 30.9 Å². The van der Waals surface area contributed by atoms with Gasteiger partial charge in [-0.25, -0.2) is 15.0 Å². The first-order valence-corrected chi connectivity index (χ1v) is 8.58. The number of rotatable bonds is 8. The molecule has 0 aliphatic rings. The largest absolute Gasteiger partial charge is 0.504 e. The molecule has 0 radical (unpaired) electrons. The van der Waals surface area contributed by atoms with Gasteiger partial charge in [0.15, 0.2) is 23.0 Å².